The van der Waals surface area contributed by atoms with Crippen LogP contribution in [0.3, 0.4) is 0 Å². The van der Waals surface area contributed by atoms with Crippen LogP contribution in [0.2, 0.25) is 5.02 Å². The Morgan fingerprint density at radius 3 is 2.57 bits per heavy atom. The fraction of sp³-hybridized carbons (Fsp3) is 0.588. The molecule has 1 aliphatic heterocycles. The Bertz CT molecular complexity index is 470. The third kappa shape index (κ3) is 4.72. The molecule has 1 aromatic rings. The van der Waals surface area contributed by atoms with Gasteiger partial charge in [-0.05, 0) is 44.5 Å². The van der Waals surface area contributed by atoms with E-state index in [9.17, 15) is 4.79 Å². The van der Waals surface area contributed by atoms with E-state index in [4.69, 9.17) is 11.6 Å². The molecule has 1 heterocycles. The van der Waals surface area contributed by atoms with Crippen LogP contribution >= 0.6 is 11.6 Å². The fourth-order valence-electron chi connectivity index (χ4n) is 2.80. The van der Waals surface area contributed by atoms with Crippen LogP contribution in [-0.4, -0.2) is 41.9 Å². The summed E-state index contributed by atoms with van der Waals surface area (Å²) in [6.07, 6.45) is 4.76. The van der Waals surface area contributed by atoms with Gasteiger partial charge in [0.25, 0.3) is 0 Å². The first kappa shape index (κ1) is 16.3. The van der Waals surface area contributed by atoms with E-state index in [2.05, 4.69) is 4.90 Å². The highest BCUT2D eigenvalue weighted by atomic mass is 35.5. The van der Waals surface area contributed by atoms with Gasteiger partial charge < -0.3 is 4.90 Å². The van der Waals surface area contributed by atoms with E-state index in [0.29, 0.717) is 0 Å². The van der Waals surface area contributed by atoms with E-state index in [1.54, 1.807) is 0 Å². The van der Waals surface area contributed by atoms with Gasteiger partial charge in [0, 0.05) is 24.7 Å². The summed E-state index contributed by atoms with van der Waals surface area (Å²) in [6, 6.07) is 7.73. The van der Waals surface area contributed by atoms with Crippen molar-refractivity contribution in [1.82, 2.24) is 9.80 Å². The van der Waals surface area contributed by atoms with Crippen molar-refractivity contribution < 1.29 is 4.79 Å². The molecule has 1 aromatic carbocycles. The minimum absolute atomic E-state index is 0.0953. The lowest BCUT2D eigenvalue weighted by Crippen LogP contribution is -2.45. The van der Waals surface area contributed by atoms with Gasteiger partial charge in [-0.2, -0.15) is 0 Å². The Balaban J connectivity index is 1.94. The zero-order valence-corrected chi connectivity index (χ0v) is 13.8. The lowest BCUT2D eigenvalue weighted by Gasteiger charge is -2.29. The van der Waals surface area contributed by atoms with Crippen molar-refractivity contribution in [1.29, 1.82) is 0 Å². The van der Waals surface area contributed by atoms with Gasteiger partial charge in [0.15, 0.2) is 0 Å². The molecule has 116 valence electrons. The molecular formula is C17H25ClN2O. The minimum atomic E-state index is -0.0953. The first-order chi connectivity index (χ1) is 10.1. The van der Waals surface area contributed by atoms with Gasteiger partial charge in [-0.15, -0.1) is 0 Å². The van der Waals surface area contributed by atoms with Crippen molar-refractivity contribution in [3.05, 3.63) is 34.9 Å². The summed E-state index contributed by atoms with van der Waals surface area (Å²) in [5, 5.41) is 0.743. The van der Waals surface area contributed by atoms with E-state index < -0.39 is 0 Å². The first-order valence-electron chi connectivity index (χ1n) is 7.81. The molecule has 0 bridgehead atoms. The number of hydrogen-bond donors (Lipinski definition) is 0. The van der Waals surface area contributed by atoms with Gasteiger partial charge in [-0.1, -0.05) is 36.6 Å². The molecule has 0 N–H and O–H groups in total. The minimum Gasteiger partial charge on any atom is -0.341 e. The molecule has 3 nitrogen and oxygen atoms in total. The molecule has 1 fully saturated rings. The number of rotatable bonds is 4. The standard InChI is InChI=1S/C17H25ClN2O/c1-14(17(21)20-10-5-3-4-6-11-20)19(2)13-15-8-7-9-16(18)12-15/h7-9,12,14H,3-6,10-11,13H2,1-2H3/t14-/m1/s1. The van der Waals surface area contributed by atoms with Gasteiger partial charge in [0.05, 0.1) is 6.04 Å². The monoisotopic (exact) mass is 308 g/mol. The highest BCUT2D eigenvalue weighted by molar-refractivity contribution is 6.30. The second-order valence-corrected chi connectivity index (χ2v) is 6.40. The fourth-order valence-corrected chi connectivity index (χ4v) is 3.02. The summed E-state index contributed by atoms with van der Waals surface area (Å²) in [7, 11) is 2.00. The van der Waals surface area contributed by atoms with Gasteiger partial charge in [-0.25, -0.2) is 0 Å². The zero-order chi connectivity index (χ0) is 15.2. The number of carbonyl (C=O) groups excluding carboxylic acids is 1. The third-order valence-corrected chi connectivity index (χ3v) is 4.49. The lowest BCUT2D eigenvalue weighted by atomic mass is 10.1. The number of halogens is 1. The third-order valence-electron chi connectivity index (χ3n) is 4.26. The molecule has 0 radical (unpaired) electrons. The van der Waals surface area contributed by atoms with Crippen molar-refractivity contribution in [2.24, 2.45) is 0 Å². The smallest absolute Gasteiger partial charge is 0.239 e. The number of likely N-dealkylation sites (N-methyl/N-ethyl adjacent to an activating group) is 1. The Hall–Kier alpha value is -1.06. The highest BCUT2D eigenvalue weighted by Crippen LogP contribution is 2.15. The quantitative estimate of drug-likeness (QED) is 0.849. The number of carbonyl (C=O) groups is 1. The van der Waals surface area contributed by atoms with Crippen molar-refractivity contribution in [3.63, 3.8) is 0 Å². The van der Waals surface area contributed by atoms with Crippen LogP contribution in [0.4, 0.5) is 0 Å². The molecule has 0 unspecified atom stereocenters. The molecule has 2 rings (SSSR count). The van der Waals surface area contributed by atoms with Crippen molar-refractivity contribution >= 4 is 17.5 Å². The van der Waals surface area contributed by atoms with E-state index in [1.807, 2.05) is 43.1 Å². The molecule has 1 aliphatic rings. The topological polar surface area (TPSA) is 23.6 Å². The van der Waals surface area contributed by atoms with Crippen molar-refractivity contribution in [2.75, 3.05) is 20.1 Å². The number of amides is 1. The van der Waals surface area contributed by atoms with E-state index in [0.717, 1.165) is 43.1 Å². The summed E-state index contributed by atoms with van der Waals surface area (Å²) in [4.78, 5) is 16.7. The molecule has 0 aliphatic carbocycles. The first-order valence-corrected chi connectivity index (χ1v) is 8.19. The molecule has 1 atom stereocenters. The predicted molar refractivity (Wildman–Crippen MR) is 87.4 cm³/mol. The van der Waals surface area contributed by atoms with Crippen LogP contribution in [0.1, 0.15) is 38.2 Å². The normalized spacial score (nSPS) is 17.6. The van der Waals surface area contributed by atoms with Crippen LogP contribution in [0, 0.1) is 0 Å². The van der Waals surface area contributed by atoms with Crippen LogP contribution in [0.25, 0.3) is 0 Å². The largest absolute Gasteiger partial charge is 0.341 e. The number of benzene rings is 1. The summed E-state index contributed by atoms with van der Waals surface area (Å²) < 4.78 is 0. The van der Waals surface area contributed by atoms with Gasteiger partial charge in [0.2, 0.25) is 5.91 Å². The molecular weight excluding hydrogens is 284 g/mol. The Morgan fingerprint density at radius 2 is 1.95 bits per heavy atom. The van der Waals surface area contributed by atoms with Gasteiger partial charge in [-0.3, -0.25) is 9.69 Å². The highest BCUT2D eigenvalue weighted by Gasteiger charge is 2.24. The molecule has 1 saturated heterocycles. The summed E-state index contributed by atoms with van der Waals surface area (Å²) in [6.45, 7) is 4.56. The van der Waals surface area contributed by atoms with E-state index in [1.165, 1.54) is 12.8 Å². The van der Waals surface area contributed by atoms with E-state index >= 15 is 0 Å². The number of likely N-dealkylation sites (tertiary alicyclic amines) is 1. The maximum absolute atomic E-state index is 12.6. The van der Waals surface area contributed by atoms with E-state index in [-0.39, 0.29) is 11.9 Å². The lowest BCUT2D eigenvalue weighted by molar-refractivity contribution is -0.136. The van der Waals surface area contributed by atoms with Crippen LogP contribution < -0.4 is 0 Å². The molecule has 0 aromatic heterocycles. The summed E-state index contributed by atoms with van der Waals surface area (Å²) >= 11 is 6.02. The number of hydrogen-bond acceptors (Lipinski definition) is 2. The predicted octanol–water partition coefficient (Wildman–Crippen LogP) is 3.56. The van der Waals surface area contributed by atoms with Crippen LogP contribution in [0.15, 0.2) is 24.3 Å². The maximum Gasteiger partial charge on any atom is 0.239 e. The second-order valence-electron chi connectivity index (χ2n) is 5.96. The number of nitrogens with zero attached hydrogens (tertiary/aromatic N) is 2. The molecule has 0 saturated carbocycles. The van der Waals surface area contributed by atoms with Crippen LogP contribution in [0.5, 0.6) is 0 Å². The molecule has 4 heteroatoms. The second kappa shape index (κ2) is 7.81. The van der Waals surface area contributed by atoms with Gasteiger partial charge >= 0.3 is 0 Å². The summed E-state index contributed by atoms with van der Waals surface area (Å²) in [5.74, 6) is 0.251. The zero-order valence-electron chi connectivity index (χ0n) is 13.0. The molecule has 1 amide bonds. The van der Waals surface area contributed by atoms with Crippen molar-refractivity contribution in [2.45, 2.75) is 45.2 Å². The average molecular weight is 309 g/mol. The Labute approximate surface area is 132 Å². The molecule has 21 heavy (non-hydrogen) atoms. The average Bonchev–Trinajstić information content (AvgIpc) is 2.74. The maximum atomic E-state index is 12.6. The Kier molecular flexibility index (Phi) is 6.07. The van der Waals surface area contributed by atoms with Crippen molar-refractivity contribution in [3.8, 4) is 0 Å². The Morgan fingerprint density at radius 1 is 1.29 bits per heavy atom. The van der Waals surface area contributed by atoms with Crippen LogP contribution in [-0.2, 0) is 11.3 Å². The van der Waals surface area contributed by atoms with Gasteiger partial charge in [0.1, 0.15) is 0 Å². The molecule has 0 spiro atoms. The SMILES string of the molecule is C[C@H](C(=O)N1CCCCCC1)N(C)Cc1cccc(Cl)c1. The summed E-state index contributed by atoms with van der Waals surface area (Å²) in [5.41, 5.74) is 1.14.